The maximum atomic E-state index is 13.9. The highest BCUT2D eigenvalue weighted by Crippen LogP contribution is 2.46. The number of rotatable bonds is 4. The van der Waals surface area contributed by atoms with E-state index in [-0.39, 0.29) is 12.5 Å². The molecule has 0 unspecified atom stereocenters. The summed E-state index contributed by atoms with van der Waals surface area (Å²) in [6.07, 6.45) is 1.90. The van der Waals surface area contributed by atoms with E-state index in [1.54, 1.807) is 23.1 Å². The van der Waals surface area contributed by atoms with E-state index in [9.17, 15) is 4.79 Å². The monoisotopic (exact) mass is 505 g/mol. The fraction of sp³-hybridized carbons (Fsp3) is 0.346. The topological polar surface area (TPSA) is 83.6 Å². The summed E-state index contributed by atoms with van der Waals surface area (Å²) >= 11 is 1.58. The van der Waals surface area contributed by atoms with Crippen LogP contribution in [-0.4, -0.2) is 62.8 Å². The molecule has 9 nitrogen and oxygen atoms in total. The zero-order valence-electron chi connectivity index (χ0n) is 20.6. The molecule has 0 spiro atoms. The molecule has 1 amide bonds. The van der Waals surface area contributed by atoms with Gasteiger partial charge in [0.1, 0.15) is 18.1 Å². The molecule has 0 aliphatic carbocycles. The fourth-order valence-electron chi connectivity index (χ4n) is 4.91. The Labute approximate surface area is 212 Å². The van der Waals surface area contributed by atoms with Crippen LogP contribution in [0.5, 0.6) is 11.5 Å². The number of fused-ring (bicyclic) bond motifs is 3. The molecule has 0 bridgehead atoms. The maximum absolute atomic E-state index is 13.9. The average molecular weight is 506 g/mol. The number of methoxy groups -OCH3 is 1. The number of ether oxygens (including phenoxy) is 3. The number of nitrogens with zero attached hydrogens (tertiary/aromatic N) is 5. The molecule has 10 heteroatoms. The van der Waals surface area contributed by atoms with Gasteiger partial charge >= 0.3 is 0 Å². The molecule has 5 heterocycles. The Balaban J connectivity index is 1.55. The highest BCUT2D eigenvalue weighted by atomic mass is 32.1. The molecule has 4 aromatic rings. The van der Waals surface area contributed by atoms with Crippen LogP contribution in [0.25, 0.3) is 28.2 Å². The SMILES string of the molecule is COc1cc2c(cc1-c1ccn(C)n1)-c1c(c(C(=O)N3CCOCC3(C)C)nn1-c1ccsc1)CO2. The summed E-state index contributed by atoms with van der Waals surface area (Å²) in [4.78, 5) is 15.7. The van der Waals surface area contributed by atoms with Crippen molar-refractivity contribution in [1.29, 1.82) is 0 Å². The molecule has 0 saturated carbocycles. The van der Waals surface area contributed by atoms with Crippen LogP contribution in [0.4, 0.5) is 0 Å². The quantitative estimate of drug-likeness (QED) is 0.414. The van der Waals surface area contributed by atoms with E-state index < -0.39 is 5.54 Å². The van der Waals surface area contributed by atoms with Crippen molar-refractivity contribution in [2.24, 2.45) is 7.05 Å². The summed E-state index contributed by atoms with van der Waals surface area (Å²) in [6, 6.07) is 7.86. The van der Waals surface area contributed by atoms with E-state index in [1.807, 2.05) is 71.7 Å². The summed E-state index contributed by atoms with van der Waals surface area (Å²) in [5, 5.41) is 13.5. The lowest BCUT2D eigenvalue weighted by Gasteiger charge is -2.41. The van der Waals surface area contributed by atoms with Gasteiger partial charge in [-0.15, -0.1) is 0 Å². The minimum Gasteiger partial charge on any atom is -0.496 e. The zero-order chi connectivity index (χ0) is 25.0. The summed E-state index contributed by atoms with van der Waals surface area (Å²) in [5.74, 6) is 1.24. The Bertz CT molecular complexity index is 1450. The lowest BCUT2D eigenvalue weighted by molar-refractivity contribution is -0.0374. The maximum Gasteiger partial charge on any atom is 0.275 e. The highest BCUT2D eigenvalue weighted by molar-refractivity contribution is 7.08. The first kappa shape index (κ1) is 22.8. The van der Waals surface area contributed by atoms with Crippen LogP contribution >= 0.6 is 11.3 Å². The Hall–Kier alpha value is -3.63. The number of thiophene rings is 1. The molecular weight excluding hydrogens is 478 g/mol. The van der Waals surface area contributed by atoms with E-state index in [4.69, 9.17) is 19.3 Å². The number of aryl methyl sites for hydroxylation is 1. The normalized spacial score (nSPS) is 16.3. The molecule has 1 fully saturated rings. The molecule has 2 aliphatic heterocycles. The second kappa shape index (κ2) is 8.49. The van der Waals surface area contributed by atoms with Crippen molar-refractivity contribution in [3.63, 3.8) is 0 Å². The molecule has 3 aromatic heterocycles. The summed E-state index contributed by atoms with van der Waals surface area (Å²) in [6.45, 7) is 5.79. The second-order valence-electron chi connectivity index (χ2n) is 9.60. The number of benzene rings is 1. The van der Waals surface area contributed by atoms with Crippen molar-refractivity contribution < 1.29 is 19.0 Å². The minimum atomic E-state index is -0.429. The first-order chi connectivity index (χ1) is 17.4. The van der Waals surface area contributed by atoms with Crippen molar-refractivity contribution in [3.05, 3.63) is 52.5 Å². The van der Waals surface area contributed by atoms with Gasteiger partial charge in [-0.3, -0.25) is 9.48 Å². The molecule has 1 aromatic carbocycles. The van der Waals surface area contributed by atoms with E-state index in [0.29, 0.717) is 37.0 Å². The largest absolute Gasteiger partial charge is 0.496 e. The first-order valence-corrected chi connectivity index (χ1v) is 12.7. The van der Waals surface area contributed by atoms with Crippen LogP contribution in [0, 0.1) is 0 Å². The van der Waals surface area contributed by atoms with Gasteiger partial charge in [-0.05, 0) is 37.4 Å². The van der Waals surface area contributed by atoms with E-state index in [2.05, 4.69) is 5.10 Å². The molecule has 6 rings (SSSR count). The molecule has 0 radical (unpaired) electrons. The van der Waals surface area contributed by atoms with Gasteiger partial charge in [0.15, 0.2) is 5.69 Å². The van der Waals surface area contributed by atoms with Gasteiger partial charge in [0.2, 0.25) is 0 Å². The Kier molecular flexibility index (Phi) is 5.38. The number of hydrogen-bond acceptors (Lipinski definition) is 7. The summed E-state index contributed by atoms with van der Waals surface area (Å²) in [5.41, 5.74) is 4.98. The molecule has 0 atom stereocenters. The van der Waals surface area contributed by atoms with Crippen LogP contribution < -0.4 is 9.47 Å². The van der Waals surface area contributed by atoms with E-state index in [0.717, 1.165) is 33.8 Å². The van der Waals surface area contributed by atoms with Gasteiger partial charge in [-0.2, -0.15) is 21.5 Å². The highest BCUT2D eigenvalue weighted by Gasteiger charge is 2.39. The van der Waals surface area contributed by atoms with Gasteiger partial charge in [0.25, 0.3) is 5.91 Å². The molecule has 2 aliphatic rings. The Morgan fingerprint density at radius 1 is 1.19 bits per heavy atom. The average Bonchev–Trinajstić information content (AvgIpc) is 3.62. The number of carbonyl (C=O) groups excluding carboxylic acids is 1. The number of amides is 1. The summed E-state index contributed by atoms with van der Waals surface area (Å²) < 4.78 is 21.1. The van der Waals surface area contributed by atoms with Gasteiger partial charge < -0.3 is 19.1 Å². The van der Waals surface area contributed by atoms with E-state index in [1.165, 1.54) is 0 Å². The second-order valence-corrected chi connectivity index (χ2v) is 10.4. The van der Waals surface area contributed by atoms with Gasteiger partial charge in [-0.1, -0.05) is 0 Å². The van der Waals surface area contributed by atoms with Crippen molar-refractivity contribution in [3.8, 4) is 39.7 Å². The van der Waals surface area contributed by atoms with Crippen LogP contribution in [0.15, 0.2) is 41.2 Å². The molecule has 1 saturated heterocycles. The number of carbonyl (C=O) groups is 1. The Morgan fingerprint density at radius 3 is 2.75 bits per heavy atom. The molecule has 186 valence electrons. The lowest BCUT2D eigenvalue weighted by atomic mass is 9.97. The van der Waals surface area contributed by atoms with Gasteiger partial charge in [0.05, 0.1) is 42.9 Å². The Morgan fingerprint density at radius 2 is 2.06 bits per heavy atom. The molecule has 36 heavy (non-hydrogen) atoms. The predicted molar refractivity (Wildman–Crippen MR) is 136 cm³/mol. The van der Waals surface area contributed by atoms with Crippen molar-refractivity contribution in [2.75, 3.05) is 26.9 Å². The number of aromatic nitrogens is 4. The lowest BCUT2D eigenvalue weighted by Crippen LogP contribution is -2.55. The van der Waals surface area contributed by atoms with Gasteiger partial charge in [-0.25, -0.2) is 4.68 Å². The smallest absolute Gasteiger partial charge is 0.275 e. The van der Waals surface area contributed by atoms with Gasteiger partial charge in [0, 0.05) is 47.9 Å². The third kappa shape index (κ3) is 3.59. The summed E-state index contributed by atoms with van der Waals surface area (Å²) in [7, 11) is 3.52. The molecule has 0 N–H and O–H groups in total. The van der Waals surface area contributed by atoms with Crippen LogP contribution in [0.2, 0.25) is 0 Å². The zero-order valence-corrected chi connectivity index (χ0v) is 21.5. The van der Waals surface area contributed by atoms with Crippen LogP contribution in [-0.2, 0) is 18.4 Å². The standard InChI is InChI=1S/C26H27N5O4S/c1-26(2)15-34-9-8-30(26)25(32)23-19-13-35-22-12-21(33-4)17(20-5-7-29(3)27-20)11-18(22)24(19)31(28-23)16-6-10-36-14-16/h5-7,10-12,14H,8-9,13,15H2,1-4H3. The predicted octanol–water partition coefficient (Wildman–Crippen LogP) is 4.15. The van der Waals surface area contributed by atoms with Crippen molar-refractivity contribution in [2.45, 2.75) is 26.0 Å². The first-order valence-electron chi connectivity index (χ1n) is 11.8. The third-order valence-electron chi connectivity index (χ3n) is 6.75. The van der Waals surface area contributed by atoms with Crippen LogP contribution in [0.3, 0.4) is 0 Å². The van der Waals surface area contributed by atoms with Crippen molar-refractivity contribution >= 4 is 17.2 Å². The van der Waals surface area contributed by atoms with Crippen molar-refractivity contribution in [1.82, 2.24) is 24.5 Å². The van der Waals surface area contributed by atoms with E-state index >= 15 is 0 Å². The number of morpholine rings is 1. The third-order valence-corrected chi connectivity index (χ3v) is 7.42. The minimum absolute atomic E-state index is 0.112. The molecular formula is C26H27N5O4S. The number of hydrogen-bond donors (Lipinski definition) is 0. The van der Waals surface area contributed by atoms with Crippen LogP contribution in [0.1, 0.15) is 29.9 Å². The fourth-order valence-corrected chi connectivity index (χ4v) is 5.52.